The maximum absolute atomic E-state index is 8.55. The van der Waals surface area contributed by atoms with Gasteiger partial charge in [0.1, 0.15) is 0 Å². The molecule has 1 aromatic heterocycles. The van der Waals surface area contributed by atoms with E-state index in [-0.39, 0.29) is 0 Å². The number of nitrogens with zero attached hydrogens (tertiary/aromatic N) is 2. The maximum Gasteiger partial charge on any atom is 0.0966 e. The van der Waals surface area contributed by atoms with E-state index >= 15 is 0 Å². The molecule has 60 valence electrons. The lowest BCUT2D eigenvalue weighted by Crippen LogP contribution is -2.00. The third kappa shape index (κ3) is 1.61. The van der Waals surface area contributed by atoms with Crippen LogP contribution in [0.2, 0.25) is 0 Å². The third-order valence-electron chi connectivity index (χ3n) is 1.51. The van der Waals surface area contributed by atoms with Crippen molar-refractivity contribution in [3.8, 4) is 6.07 Å². The van der Waals surface area contributed by atoms with E-state index in [0.29, 0.717) is 17.0 Å². The molecule has 1 rings (SSSR count). The highest BCUT2D eigenvalue weighted by Gasteiger charge is 1.99. The van der Waals surface area contributed by atoms with Crippen LogP contribution in [0.3, 0.4) is 0 Å². The summed E-state index contributed by atoms with van der Waals surface area (Å²) in [5, 5.41) is 8.55. The quantitative estimate of drug-likeness (QED) is 0.628. The second kappa shape index (κ2) is 3.54. The molecule has 3 heteroatoms. The molecule has 0 bridgehead atoms. The van der Waals surface area contributed by atoms with Gasteiger partial charge in [-0.05, 0) is 19.1 Å². The van der Waals surface area contributed by atoms with Gasteiger partial charge in [-0.2, -0.15) is 5.26 Å². The zero-order valence-corrected chi connectivity index (χ0v) is 6.78. The molecule has 0 saturated carbocycles. The van der Waals surface area contributed by atoms with Gasteiger partial charge in [0.25, 0.3) is 0 Å². The number of pyridine rings is 1. The molecular formula is C9H9N3. The molecule has 0 aliphatic rings. The topological polar surface area (TPSA) is 62.7 Å². The average Bonchev–Trinajstić information content (AvgIpc) is 2.17. The minimum absolute atomic E-state index is 0.443. The predicted molar refractivity (Wildman–Crippen MR) is 46.6 cm³/mol. The van der Waals surface area contributed by atoms with E-state index in [4.69, 9.17) is 11.0 Å². The van der Waals surface area contributed by atoms with Crippen LogP contribution in [0.4, 0.5) is 0 Å². The smallest absolute Gasteiger partial charge is 0.0966 e. The number of aromatic nitrogens is 1. The molecular weight excluding hydrogens is 150 g/mol. The largest absolute Gasteiger partial charge is 0.396 e. The van der Waals surface area contributed by atoms with Gasteiger partial charge in [-0.15, -0.1) is 0 Å². The van der Waals surface area contributed by atoms with Gasteiger partial charge in [0.15, 0.2) is 0 Å². The zero-order chi connectivity index (χ0) is 8.97. The summed E-state index contributed by atoms with van der Waals surface area (Å²) in [6, 6.07) is 7.39. The predicted octanol–water partition coefficient (Wildman–Crippen LogP) is 1.29. The molecule has 0 aliphatic carbocycles. The average molecular weight is 159 g/mol. The minimum Gasteiger partial charge on any atom is -0.396 e. The number of nitrogens with two attached hydrogens (primary N) is 1. The fourth-order valence-electron chi connectivity index (χ4n) is 0.774. The van der Waals surface area contributed by atoms with Gasteiger partial charge < -0.3 is 5.73 Å². The lowest BCUT2D eigenvalue weighted by Gasteiger charge is -1.99. The first-order valence-electron chi connectivity index (χ1n) is 3.53. The second-order valence-corrected chi connectivity index (χ2v) is 2.37. The summed E-state index contributed by atoms with van der Waals surface area (Å²) in [5.74, 6) is 0. The number of allylic oxidation sites excluding steroid dienone is 1. The molecule has 0 saturated heterocycles. The van der Waals surface area contributed by atoms with Gasteiger partial charge in [-0.3, -0.25) is 4.98 Å². The summed E-state index contributed by atoms with van der Waals surface area (Å²) in [6.07, 6.45) is 1.65. The molecule has 1 aromatic rings. The highest BCUT2D eigenvalue weighted by atomic mass is 14.7. The molecule has 0 fully saturated rings. The lowest BCUT2D eigenvalue weighted by atomic mass is 10.2. The number of hydrogen-bond acceptors (Lipinski definition) is 3. The van der Waals surface area contributed by atoms with Crippen molar-refractivity contribution in [2.24, 2.45) is 5.73 Å². The zero-order valence-electron chi connectivity index (χ0n) is 6.78. The fourth-order valence-corrected chi connectivity index (χ4v) is 0.774. The monoisotopic (exact) mass is 159 g/mol. The van der Waals surface area contributed by atoms with Gasteiger partial charge in [0.05, 0.1) is 23.0 Å². The van der Waals surface area contributed by atoms with Crippen molar-refractivity contribution < 1.29 is 0 Å². The molecule has 0 aromatic carbocycles. The van der Waals surface area contributed by atoms with Crippen molar-refractivity contribution in [3.63, 3.8) is 0 Å². The van der Waals surface area contributed by atoms with E-state index in [9.17, 15) is 0 Å². The van der Waals surface area contributed by atoms with Crippen LogP contribution in [0.5, 0.6) is 0 Å². The van der Waals surface area contributed by atoms with Crippen molar-refractivity contribution in [2.45, 2.75) is 6.92 Å². The Bertz CT molecular complexity index is 333. The van der Waals surface area contributed by atoms with Gasteiger partial charge >= 0.3 is 0 Å². The molecule has 2 N–H and O–H groups in total. The number of hydrogen-bond donors (Lipinski definition) is 1. The highest BCUT2D eigenvalue weighted by molar-refractivity contribution is 5.65. The van der Waals surface area contributed by atoms with E-state index in [1.54, 1.807) is 25.3 Å². The SMILES string of the molecule is CC(C#N)=C(N)c1ccccn1. The van der Waals surface area contributed by atoms with Crippen LogP contribution in [0.25, 0.3) is 5.70 Å². The molecule has 0 spiro atoms. The van der Waals surface area contributed by atoms with Crippen molar-refractivity contribution in [1.29, 1.82) is 5.26 Å². The van der Waals surface area contributed by atoms with Gasteiger partial charge in [0.2, 0.25) is 0 Å². The summed E-state index contributed by atoms with van der Waals surface area (Å²) in [7, 11) is 0. The first-order valence-corrected chi connectivity index (χ1v) is 3.53. The number of rotatable bonds is 1. The molecule has 3 nitrogen and oxygen atoms in total. The summed E-state index contributed by atoms with van der Waals surface area (Å²) >= 11 is 0. The van der Waals surface area contributed by atoms with Crippen LogP contribution >= 0.6 is 0 Å². The molecule has 0 radical (unpaired) electrons. The van der Waals surface area contributed by atoms with Crippen molar-refractivity contribution in [2.75, 3.05) is 0 Å². The summed E-state index contributed by atoms with van der Waals surface area (Å²) in [4.78, 5) is 4.01. The Kier molecular flexibility index (Phi) is 2.44. The molecule has 12 heavy (non-hydrogen) atoms. The molecule has 0 aliphatic heterocycles. The van der Waals surface area contributed by atoms with Crippen molar-refractivity contribution >= 4 is 5.70 Å². The van der Waals surface area contributed by atoms with Gasteiger partial charge in [-0.1, -0.05) is 6.07 Å². The Labute approximate surface area is 71.2 Å². The third-order valence-corrected chi connectivity index (χ3v) is 1.51. The molecule has 0 atom stereocenters. The maximum atomic E-state index is 8.55. The first-order chi connectivity index (χ1) is 5.75. The fraction of sp³-hybridized carbons (Fsp3) is 0.111. The van der Waals surface area contributed by atoms with E-state index in [2.05, 4.69) is 4.98 Å². The van der Waals surface area contributed by atoms with Crippen LogP contribution in [-0.4, -0.2) is 4.98 Å². The van der Waals surface area contributed by atoms with Crippen molar-refractivity contribution in [3.05, 3.63) is 35.7 Å². The van der Waals surface area contributed by atoms with Gasteiger partial charge in [-0.25, -0.2) is 0 Å². The Hall–Kier alpha value is -1.82. The normalized spacial score (nSPS) is 11.7. The first kappa shape index (κ1) is 8.28. The van der Waals surface area contributed by atoms with E-state index in [1.807, 2.05) is 12.1 Å². The summed E-state index contributed by atoms with van der Waals surface area (Å²) < 4.78 is 0. The van der Waals surface area contributed by atoms with Crippen LogP contribution in [0.15, 0.2) is 30.0 Å². The van der Waals surface area contributed by atoms with Crippen LogP contribution < -0.4 is 5.73 Å². The Balaban J connectivity index is 3.11. The van der Waals surface area contributed by atoms with E-state index in [0.717, 1.165) is 0 Å². The summed E-state index contributed by atoms with van der Waals surface area (Å²) in [6.45, 7) is 1.67. The van der Waals surface area contributed by atoms with Crippen molar-refractivity contribution in [1.82, 2.24) is 4.98 Å². The van der Waals surface area contributed by atoms with Crippen LogP contribution in [-0.2, 0) is 0 Å². The number of nitriles is 1. The molecule has 0 amide bonds. The summed E-state index contributed by atoms with van der Waals surface area (Å²) in [5.41, 5.74) is 7.23. The second-order valence-electron chi connectivity index (χ2n) is 2.37. The Morgan fingerprint density at radius 3 is 2.83 bits per heavy atom. The van der Waals surface area contributed by atoms with E-state index < -0.39 is 0 Å². The van der Waals surface area contributed by atoms with Gasteiger partial charge in [0, 0.05) is 6.20 Å². The van der Waals surface area contributed by atoms with Crippen LogP contribution in [0, 0.1) is 11.3 Å². The highest BCUT2D eigenvalue weighted by Crippen LogP contribution is 2.08. The lowest BCUT2D eigenvalue weighted by molar-refractivity contribution is 1.24. The van der Waals surface area contributed by atoms with Crippen LogP contribution in [0.1, 0.15) is 12.6 Å². The molecule has 1 heterocycles. The minimum atomic E-state index is 0.443. The van der Waals surface area contributed by atoms with E-state index in [1.165, 1.54) is 0 Å². The Morgan fingerprint density at radius 1 is 1.58 bits per heavy atom. The standard InChI is InChI=1S/C9H9N3/c1-7(6-10)9(11)8-4-2-3-5-12-8/h2-5H,11H2,1H3. The molecule has 0 unspecified atom stereocenters. The Morgan fingerprint density at radius 2 is 2.33 bits per heavy atom.